The summed E-state index contributed by atoms with van der Waals surface area (Å²) < 4.78 is 27.2. The molecule has 120 valence electrons. The van der Waals surface area contributed by atoms with Crippen LogP contribution in [0.1, 0.15) is 22.3 Å². The van der Waals surface area contributed by atoms with Crippen molar-refractivity contribution in [3.05, 3.63) is 34.0 Å². The SMILES string of the molecule is Cc1ncsc1CN1Cc2ccnn2[C@H](CNS(C)(=O)=O)C1. The van der Waals surface area contributed by atoms with Crippen LogP contribution in [0.3, 0.4) is 0 Å². The molecule has 2 aromatic heterocycles. The number of hydrogen-bond acceptors (Lipinski definition) is 6. The van der Waals surface area contributed by atoms with Crippen molar-refractivity contribution in [1.29, 1.82) is 0 Å². The van der Waals surface area contributed by atoms with Gasteiger partial charge in [-0.25, -0.2) is 18.1 Å². The Morgan fingerprint density at radius 2 is 2.32 bits per heavy atom. The number of hydrogen-bond donors (Lipinski definition) is 1. The molecule has 0 unspecified atom stereocenters. The predicted molar refractivity (Wildman–Crippen MR) is 85.1 cm³/mol. The van der Waals surface area contributed by atoms with Crippen molar-refractivity contribution in [3.63, 3.8) is 0 Å². The van der Waals surface area contributed by atoms with Gasteiger partial charge in [0.2, 0.25) is 10.0 Å². The summed E-state index contributed by atoms with van der Waals surface area (Å²) in [7, 11) is -3.20. The second-order valence-electron chi connectivity index (χ2n) is 5.57. The number of sulfonamides is 1. The molecule has 2 aromatic rings. The first-order valence-corrected chi connectivity index (χ1v) is 9.78. The van der Waals surface area contributed by atoms with Crippen molar-refractivity contribution in [2.45, 2.75) is 26.1 Å². The average molecular weight is 341 g/mol. The van der Waals surface area contributed by atoms with Crippen LogP contribution in [0.5, 0.6) is 0 Å². The summed E-state index contributed by atoms with van der Waals surface area (Å²) in [6, 6.07) is 1.99. The largest absolute Gasteiger partial charge is 0.290 e. The second kappa shape index (κ2) is 6.07. The van der Waals surface area contributed by atoms with Gasteiger partial charge in [0, 0.05) is 37.3 Å². The third kappa shape index (κ3) is 3.54. The van der Waals surface area contributed by atoms with Crippen molar-refractivity contribution in [2.24, 2.45) is 0 Å². The van der Waals surface area contributed by atoms with E-state index in [1.165, 1.54) is 11.1 Å². The molecule has 1 aliphatic heterocycles. The Bertz CT molecular complexity index is 752. The van der Waals surface area contributed by atoms with E-state index in [1.54, 1.807) is 17.5 Å². The Balaban J connectivity index is 1.75. The van der Waals surface area contributed by atoms with Gasteiger partial charge >= 0.3 is 0 Å². The molecule has 0 saturated heterocycles. The highest BCUT2D eigenvalue weighted by atomic mass is 32.2. The lowest BCUT2D eigenvalue weighted by atomic mass is 10.2. The zero-order valence-electron chi connectivity index (χ0n) is 12.6. The van der Waals surface area contributed by atoms with E-state index in [0.29, 0.717) is 6.54 Å². The van der Waals surface area contributed by atoms with E-state index in [1.807, 2.05) is 23.2 Å². The van der Waals surface area contributed by atoms with E-state index in [2.05, 4.69) is 19.7 Å². The van der Waals surface area contributed by atoms with E-state index < -0.39 is 10.0 Å². The molecule has 0 radical (unpaired) electrons. The van der Waals surface area contributed by atoms with Crippen molar-refractivity contribution in [2.75, 3.05) is 19.3 Å². The molecular formula is C13H19N5O2S2. The first kappa shape index (κ1) is 15.6. The van der Waals surface area contributed by atoms with Crippen molar-refractivity contribution >= 4 is 21.4 Å². The first-order chi connectivity index (χ1) is 10.4. The molecule has 1 atom stereocenters. The van der Waals surface area contributed by atoms with Gasteiger partial charge in [-0.05, 0) is 13.0 Å². The van der Waals surface area contributed by atoms with Crippen molar-refractivity contribution < 1.29 is 8.42 Å². The van der Waals surface area contributed by atoms with Crippen LogP contribution >= 0.6 is 11.3 Å². The fourth-order valence-electron chi connectivity index (χ4n) is 2.66. The molecule has 7 nitrogen and oxygen atoms in total. The standard InChI is InChI=1S/C13H19N5O2S2/c1-10-13(21-9-14-10)8-17-6-11-3-4-15-18(11)12(7-17)5-16-22(2,19)20/h3-4,9,12,16H,5-8H2,1-2H3/t12-/m1/s1. The smallest absolute Gasteiger partial charge is 0.208 e. The third-order valence-corrected chi connectivity index (χ3v) is 5.36. The molecule has 0 fully saturated rings. The van der Waals surface area contributed by atoms with Crippen LogP contribution in [-0.4, -0.2) is 47.4 Å². The zero-order chi connectivity index (χ0) is 15.7. The summed E-state index contributed by atoms with van der Waals surface area (Å²) in [5.41, 5.74) is 4.03. The summed E-state index contributed by atoms with van der Waals surface area (Å²) in [5, 5.41) is 4.33. The lowest BCUT2D eigenvalue weighted by Gasteiger charge is -2.33. The van der Waals surface area contributed by atoms with Gasteiger partial charge in [0.05, 0.1) is 29.2 Å². The fourth-order valence-corrected chi connectivity index (χ4v) is 3.98. The van der Waals surface area contributed by atoms with Gasteiger partial charge in [-0.1, -0.05) is 0 Å². The van der Waals surface area contributed by atoms with E-state index in [-0.39, 0.29) is 6.04 Å². The van der Waals surface area contributed by atoms with Gasteiger partial charge in [0.15, 0.2) is 0 Å². The normalized spacial score (nSPS) is 19.3. The summed E-state index contributed by atoms with van der Waals surface area (Å²) in [4.78, 5) is 7.85. The lowest BCUT2D eigenvalue weighted by Crippen LogP contribution is -2.42. The van der Waals surface area contributed by atoms with Gasteiger partial charge in [-0.2, -0.15) is 5.10 Å². The van der Waals surface area contributed by atoms with Crippen LogP contribution in [0.15, 0.2) is 17.8 Å². The topological polar surface area (TPSA) is 80.1 Å². The minimum absolute atomic E-state index is 0.00158. The van der Waals surface area contributed by atoms with Gasteiger partial charge < -0.3 is 0 Å². The van der Waals surface area contributed by atoms with Crippen LogP contribution in [0.25, 0.3) is 0 Å². The molecule has 0 bridgehead atoms. The van der Waals surface area contributed by atoms with Crippen LogP contribution in [0.2, 0.25) is 0 Å². The number of aryl methyl sites for hydroxylation is 1. The number of nitrogens with one attached hydrogen (secondary N) is 1. The third-order valence-electron chi connectivity index (χ3n) is 3.75. The van der Waals surface area contributed by atoms with Crippen LogP contribution in [-0.2, 0) is 23.1 Å². The molecule has 1 N–H and O–H groups in total. The molecule has 22 heavy (non-hydrogen) atoms. The van der Waals surface area contributed by atoms with E-state index in [9.17, 15) is 8.42 Å². The molecule has 0 aromatic carbocycles. The Morgan fingerprint density at radius 3 is 3.00 bits per heavy atom. The zero-order valence-corrected chi connectivity index (χ0v) is 14.2. The summed E-state index contributed by atoms with van der Waals surface area (Å²) in [6.45, 7) is 4.77. The van der Waals surface area contributed by atoms with Crippen molar-refractivity contribution in [1.82, 2.24) is 24.4 Å². The minimum Gasteiger partial charge on any atom is -0.290 e. The van der Waals surface area contributed by atoms with Crippen LogP contribution < -0.4 is 4.72 Å². The lowest BCUT2D eigenvalue weighted by molar-refractivity contribution is 0.169. The van der Waals surface area contributed by atoms with E-state index >= 15 is 0 Å². The number of thiazole rings is 1. The highest BCUT2D eigenvalue weighted by Crippen LogP contribution is 2.23. The monoisotopic (exact) mass is 341 g/mol. The van der Waals surface area contributed by atoms with Gasteiger partial charge in [-0.15, -0.1) is 11.3 Å². The number of nitrogens with zero attached hydrogens (tertiary/aromatic N) is 4. The Hall–Kier alpha value is -1.29. The van der Waals surface area contributed by atoms with Crippen LogP contribution in [0.4, 0.5) is 0 Å². The van der Waals surface area contributed by atoms with E-state index in [4.69, 9.17) is 0 Å². The molecule has 3 rings (SSSR count). The maximum atomic E-state index is 11.3. The number of aromatic nitrogens is 3. The molecule has 9 heteroatoms. The van der Waals surface area contributed by atoms with Gasteiger partial charge in [0.25, 0.3) is 0 Å². The van der Waals surface area contributed by atoms with Crippen LogP contribution in [0, 0.1) is 6.92 Å². The van der Waals surface area contributed by atoms with Gasteiger partial charge in [-0.3, -0.25) is 9.58 Å². The maximum Gasteiger partial charge on any atom is 0.208 e. The Kier molecular flexibility index (Phi) is 4.31. The molecule has 0 aliphatic carbocycles. The summed E-state index contributed by atoms with van der Waals surface area (Å²) >= 11 is 1.66. The molecule has 1 aliphatic rings. The quantitative estimate of drug-likeness (QED) is 0.868. The fraction of sp³-hybridized carbons (Fsp3) is 0.538. The Labute approximate surface area is 134 Å². The highest BCUT2D eigenvalue weighted by molar-refractivity contribution is 7.88. The molecular weight excluding hydrogens is 322 g/mol. The Morgan fingerprint density at radius 1 is 1.50 bits per heavy atom. The molecule has 0 saturated carbocycles. The predicted octanol–water partition coefficient (Wildman–Crippen LogP) is 0.754. The number of rotatable bonds is 5. The second-order valence-corrected chi connectivity index (χ2v) is 8.34. The molecule has 3 heterocycles. The maximum absolute atomic E-state index is 11.3. The summed E-state index contributed by atoms with van der Waals surface area (Å²) in [5.74, 6) is 0. The van der Waals surface area contributed by atoms with Crippen molar-refractivity contribution in [3.8, 4) is 0 Å². The first-order valence-electron chi connectivity index (χ1n) is 7.01. The van der Waals surface area contributed by atoms with Gasteiger partial charge in [0.1, 0.15) is 0 Å². The molecule has 0 spiro atoms. The summed E-state index contributed by atoms with van der Waals surface area (Å²) in [6.07, 6.45) is 2.95. The van der Waals surface area contributed by atoms with E-state index in [0.717, 1.165) is 31.0 Å². The highest BCUT2D eigenvalue weighted by Gasteiger charge is 2.26. The number of fused-ring (bicyclic) bond motifs is 1. The minimum atomic E-state index is -3.20. The average Bonchev–Trinajstić information content (AvgIpc) is 3.05. The molecule has 0 amide bonds.